The van der Waals surface area contributed by atoms with Gasteiger partial charge in [0.15, 0.2) is 0 Å². The molecule has 0 unspecified atom stereocenters. The molecule has 108 valence electrons. The van der Waals surface area contributed by atoms with Gasteiger partial charge in [0.2, 0.25) is 10.0 Å². The van der Waals surface area contributed by atoms with Crippen molar-refractivity contribution >= 4 is 21.4 Å². The third-order valence-electron chi connectivity index (χ3n) is 2.90. The van der Waals surface area contributed by atoms with Crippen molar-refractivity contribution in [3.05, 3.63) is 52.0 Å². The average molecular weight is 314 g/mol. The molecular formula is C13H15FN2O2S2. The van der Waals surface area contributed by atoms with E-state index in [1.807, 2.05) is 16.8 Å². The summed E-state index contributed by atoms with van der Waals surface area (Å²) in [5, 5.41) is 3.73. The van der Waals surface area contributed by atoms with Gasteiger partial charge in [0.25, 0.3) is 0 Å². The predicted molar refractivity (Wildman–Crippen MR) is 77.3 cm³/mol. The molecule has 0 spiro atoms. The second-order valence-corrected chi connectivity index (χ2v) is 7.15. The van der Waals surface area contributed by atoms with Gasteiger partial charge in [-0.3, -0.25) is 0 Å². The molecule has 0 aliphatic rings. The summed E-state index contributed by atoms with van der Waals surface area (Å²) in [5.74, 6) is -0.764. The Morgan fingerprint density at radius 3 is 2.65 bits per heavy atom. The van der Waals surface area contributed by atoms with Gasteiger partial charge in [-0.05, 0) is 40.1 Å². The van der Waals surface area contributed by atoms with Crippen LogP contribution < -0.4 is 5.73 Å². The zero-order valence-electron chi connectivity index (χ0n) is 10.9. The molecule has 2 rings (SSSR count). The van der Waals surface area contributed by atoms with E-state index in [1.54, 1.807) is 0 Å². The van der Waals surface area contributed by atoms with Gasteiger partial charge < -0.3 is 5.73 Å². The van der Waals surface area contributed by atoms with Crippen molar-refractivity contribution in [2.24, 2.45) is 5.73 Å². The maximum atomic E-state index is 13.8. The average Bonchev–Trinajstić information content (AvgIpc) is 2.92. The molecule has 0 aliphatic heterocycles. The molecule has 4 nitrogen and oxygen atoms in total. The van der Waals surface area contributed by atoms with Crippen molar-refractivity contribution < 1.29 is 12.8 Å². The molecule has 20 heavy (non-hydrogen) atoms. The Hall–Kier alpha value is -1.28. The van der Waals surface area contributed by atoms with Crippen LogP contribution in [-0.4, -0.2) is 19.8 Å². The summed E-state index contributed by atoms with van der Waals surface area (Å²) in [6.45, 7) is 0.370. The summed E-state index contributed by atoms with van der Waals surface area (Å²) in [6, 6.07) is 5.73. The first-order chi connectivity index (χ1) is 9.45. The summed E-state index contributed by atoms with van der Waals surface area (Å²) in [5.41, 5.74) is 6.92. The molecule has 0 amide bonds. The summed E-state index contributed by atoms with van der Waals surface area (Å²) in [7, 11) is -2.44. The third kappa shape index (κ3) is 3.06. The highest BCUT2D eigenvalue weighted by Gasteiger charge is 2.25. The lowest BCUT2D eigenvalue weighted by atomic mass is 10.2. The molecule has 0 atom stereocenters. The lowest BCUT2D eigenvalue weighted by Crippen LogP contribution is -2.27. The Kier molecular flexibility index (Phi) is 4.54. The number of nitrogens with two attached hydrogens (primary N) is 1. The molecule has 2 aromatic rings. The van der Waals surface area contributed by atoms with Gasteiger partial charge in [-0.1, -0.05) is 6.07 Å². The van der Waals surface area contributed by atoms with Crippen molar-refractivity contribution in [3.8, 4) is 0 Å². The van der Waals surface area contributed by atoms with Crippen LogP contribution in [0, 0.1) is 5.82 Å². The minimum absolute atomic E-state index is 0.164. The fourth-order valence-corrected chi connectivity index (χ4v) is 3.69. The zero-order chi connectivity index (χ0) is 14.8. The monoisotopic (exact) mass is 314 g/mol. The van der Waals surface area contributed by atoms with E-state index in [9.17, 15) is 12.8 Å². The zero-order valence-corrected chi connectivity index (χ0v) is 12.5. The Bertz CT molecular complexity index is 684. The molecule has 0 fully saturated rings. The highest BCUT2D eigenvalue weighted by molar-refractivity contribution is 7.89. The van der Waals surface area contributed by atoms with Crippen LogP contribution in [0.2, 0.25) is 0 Å². The standard InChI is InChI=1S/C13H15FN2O2S2/c1-16(8-11-4-5-19-9-11)20(17,18)13-6-10(7-15)2-3-12(13)14/h2-6,9H,7-8,15H2,1H3. The number of hydrogen-bond acceptors (Lipinski definition) is 4. The van der Waals surface area contributed by atoms with E-state index in [4.69, 9.17) is 5.73 Å². The molecule has 1 heterocycles. The first-order valence-corrected chi connectivity index (χ1v) is 8.29. The third-order valence-corrected chi connectivity index (χ3v) is 5.46. The molecule has 1 aromatic carbocycles. The van der Waals surface area contributed by atoms with Crippen LogP contribution in [0.15, 0.2) is 39.9 Å². The molecule has 2 N–H and O–H groups in total. The number of hydrogen-bond donors (Lipinski definition) is 1. The number of thiophene rings is 1. The summed E-state index contributed by atoms with van der Waals surface area (Å²) < 4.78 is 39.7. The number of nitrogens with zero attached hydrogens (tertiary/aromatic N) is 1. The van der Waals surface area contributed by atoms with Gasteiger partial charge in [0.1, 0.15) is 10.7 Å². The fraction of sp³-hybridized carbons (Fsp3) is 0.231. The largest absolute Gasteiger partial charge is 0.326 e. The second kappa shape index (κ2) is 6.01. The molecule has 0 saturated heterocycles. The molecule has 1 aromatic heterocycles. The van der Waals surface area contributed by atoms with Crippen LogP contribution in [0.4, 0.5) is 4.39 Å². The molecule has 7 heteroatoms. The highest BCUT2D eigenvalue weighted by atomic mass is 32.2. The Balaban J connectivity index is 2.34. The van der Waals surface area contributed by atoms with E-state index >= 15 is 0 Å². The van der Waals surface area contributed by atoms with Crippen LogP contribution in [0.25, 0.3) is 0 Å². The first kappa shape index (κ1) is 15.1. The number of rotatable bonds is 5. The molecule has 0 aliphatic carbocycles. The van der Waals surface area contributed by atoms with Crippen LogP contribution in [-0.2, 0) is 23.1 Å². The Labute approximate surface area is 121 Å². The van der Waals surface area contributed by atoms with E-state index < -0.39 is 15.8 Å². The van der Waals surface area contributed by atoms with Crippen molar-refractivity contribution in [1.82, 2.24) is 4.31 Å². The fourth-order valence-electron chi connectivity index (χ4n) is 1.77. The summed E-state index contributed by atoms with van der Waals surface area (Å²) in [6.07, 6.45) is 0. The van der Waals surface area contributed by atoms with Gasteiger partial charge in [0, 0.05) is 20.1 Å². The van der Waals surface area contributed by atoms with Gasteiger partial charge in [-0.2, -0.15) is 15.6 Å². The van der Waals surface area contributed by atoms with Gasteiger partial charge in [-0.25, -0.2) is 12.8 Å². The topological polar surface area (TPSA) is 63.4 Å². The molecule has 0 radical (unpaired) electrons. The SMILES string of the molecule is CN(Cc1ccsc1)S(=O)(=O)c1cc(CN)ccc1F. The lowest BCUT2D eigenvalue weighted by Gasteiger charge is -2.17. The minimum Gasteiger partial charge on any atom is -0.326 e. The Morgan fingerprint density at radius 2 is 2.05 bits per heavy atom. The summed E-state index contributed by atoms with van der Waals surface area (Å²) >= 11 is 1.49. The smallest absolute Gasteiger partial charge is 0.246 e. The maximum Gasteiger partial charge on any atom is 0.246 e. The van der Waals surface area contributed by atoms with Gasteiger partial charge >= 0.3 is 0 Å². The van der Waals surface area contributed by atoms with E-state index in [0.29, 0.717) is 5.56 Å². The van der Waals surface area contributed by atoms with Crippen molar-refractivity contribution in [2.45, 2.75) is 18.0 Å². The van der Waals surface area contributed by atoms with E-state index in [1.165, 1.54) is 30.5 Å². The molecular weight excluding hydrogens is 299 g/mol. The van der Waals surface area contributed by atoms with Crippen LogP contribution in [0.5, 0.6) is 0 Å². The van der Waals surface area contributed by atoms with Crippen molar-refractivity contribution in [1.29, 1.82) is 0 Å². The first-order valence-electron chi connectivity index (χ1n) is 5.91. The highest BCUT2D eigenvalue weighted by Crippen LogP contribution is 2.21. The van der Waals surface area contributed by atoms with Crippen molar-refractivity contribution in [2.75, 3.05) is 7.05 Å². The summed E-state index contributed by atoms with van der Waals surface area (Å²) in [4.78, 5) is -0.335. The van der Waals surface area contributed by atoms with Gasteiger partial charge in [0.05, 0.1) is 0 Å². The molecule has 0 saturated carbocycles. The quantitative estimate of drug-likeness (QED) is 0.920. The van der Waals surface area contributed by atoms with Crippen molar-refractivity contribution in [3.63, 3.8) is 0 Å². The number of halogens is 1. The van der Waals surface area contributed by atoms with E-state index in [0.717, 1.165) is 15.9 Å². The van der Waals surface area contributed by atoms with E-state index in [-0.39, 0.29) is 18.0 Å². The lowest BCUT2D eigenvalue weighted by molar-refractivity contribution is 0.460. The van der Waals surface area contributed by atoms with Gasteiger partial charge in [-0.15, -0.1) is 0 Å². The number of sulfonamides is 1. The Morgan fingerprint density at radius 1 is 1.30 bits per heavy atom. The van der Waals surface area contributed by atoms with E-state index in [2.05, 4.69) is 0 Å². The predicted octanol–water partition coefficient (Wildman–Crippen LogP) is 2.17. The number of benzene rings is 1. The van der Waals surface area contributed by atoms with Crippen LogP contribution >= 0.6 is 11.3 Å². The molecule has 0 bridgehead atoms. The van der Waals surface area contributed by atoms with Crippen LogP contribution in [0.1, 0.15) is 11.1 Å². The normalized spacial score (nSPS) is 12.0. The second-order valence-electron chi connectivity index (χ2n) is 4.36. The minimum atomic E-state index is -3.87. The van der Waals surface area contributed by atoms with Crippen LogP contribution in [0.3, 0.4) is 0 Å². The maximum absolute atomic E-state index is 13.8.